The van der Waals surface area contributed by atoms with Crippen LogP contribution in [0, 0.1) is 0 Å². The summed E-state index contributed by atoms with van der Waals surface area (Å²) in [6.45, 7) is 8.91. The molecule has 198 valence electrons. The summed E-state index contributed by atoms with van der Waals surface area (Å²) in [7, 11) is 0. The largest absolute Gasteiger partial charge is 0.367 e. The van der Waals surface area contributed by atoms with Crippen molar-refractivity contribution in [1.82, 2.24) is 25.0 Å². The summed E-state index contributed by atoms with van der Waals surface area (Å²) in [6, 6.07) is 12.9. The fourth-order valence-electron chi connectivity index (χ4n) is 5.93. The molecular weight excluding hydrogens is 464 g/mol. The van der Waals surface area contributed by atoms with E-state index in [2.05, 4.69) is 49.7 Å². The first-order valence-electron chi connectivity index (χ1n) is 13.8. The van der Waals surface area contributed by atoms with Gasteiger partial charge in [-0.15, -0.1) is 0 Å². The zero-order valence-electron chi connectivity index (χ0n) is 22.0. The highest BCUT2D eigenvalue weighted by Gasteiger charge is 2.27. The predicted octanol–water partition coefficient (Wildman–Crippen LogP) is 3.10. The molecule has 1 aromatic heterocycles. The normalized spacial score (nSPS) is 19.9. The van der Waals surface area contributed by atoms with E-state index in [1.165, 1.54) is 30.4 Å². The third kappa shape index (κ3) is 6.67. The molecule has 8 heteroatoms. The number of carbonyl (C=O) groups excluding carboxylic acids is 2. The monoisotopic (exact) mass is 504 g/mol. The van der Waals surface area contributed by atoms with Crippen molar-refractivity contribution in [2.24, 2.45) is 0 Å². The van der Waals surface area contributed by atoms with Gasteiger partial charge >= 0.3 is 0 Å². The Kier molecular flexibility index (Phi) is 8.36. The first-order valence-corrected chi connectivity index (χ1v) is 13.8. The summed E-state index contributed by atoms with van der Waals surface area (Å²) in [4.78, 5) is 36.2. The zero-order valence-corrected chi connectivity index (χ0v) is 22.0. The van der Waals surface area contributed by atoms with Crippen molar-refractivity contribution in [3.05, 3.63) is 59.3 Å². The van der Waals surface area contributed by atoms with E-state index < -0.39 is 0 Å². The minimum absolute atomic E-state index is 0.0523. The lowest BCUT2D eigenvalue weighted by atomic mass is 10.0. The van der Waals surface area contributed by atoms with E-state index in [-0.39, 0.29) is 17.9 Å². The Bertz CT molecular complexity index is 1050. The maximum absolute atomic E-state index is 13.2. The molecule has 8 nitrogen and oxygen atoms in total. The summed E-state index contributed by atoms with van der Waals surface area (Å²) in [5.41, 5.74) is 3.48. The van der Waals surface area contributed by atoms with Gasteiger partial charge in [-0.1, -0.05) is 30.7 Å². The fourth-order valence-corrected chi connectivity index (χ4v) is 5.93. The molecule has 2 aromatic rings. The number of hydrogen-bond acceptors (Lipinski definition) is 6. The molecule has 5 rings (SSSR count). The predicted molar refractivity (Wildman–Crippen MR) is 145 cm³/mol. The number of carbonyl (C=O) groups is 2. The number of nitrogens with one attached hydrogen (secondary N) is 2. The van der Waals surface area contributed by atoms with Crippen LogP contribution < -0.4 is 10.6 Å². The molecule has 1 unspecified atom stereocenters. The number of rotatable bonds is 8. The quantitative estimate of drug-likeness (QED) is 0.575. The number of fused-ring (bicyclic) bond motifs is 1. The molecule has 0 aliphatic carbocycles. The van der Waals surface area contributed by atoms with E-state index in [9.17, 15) is 9.59 Å². The van der Waals surface area contributed by atoms with Gasteiger partial charge in [0.15, 0.2) is 0 Å². The molecule has 0 radical (unpaired) electrons. The van der Waals surface area contributed by atoms with Gasteiger partial charge in [0.25, 0.3) is 5.91 Å². The molecule has 0 bridgehead atoms. The standard InChI is InChI=1S/C29H40N6O2/c1-22(36)34-15-10-26(11-16-34)32-28-17-23(9-12-30-28)29(37)31-18-27(35-13-5-2-6-14-35)21-33-19-24-7-3-4-8-25(24)20-33/h3-4,7-9,12,17,26-27H,2,5-6,10-11,13-16,18-21H2,1H3,(H,30,32)(H,31,37). The van der Waals surface area contributed by atoms with Crippen LogP contribution in [0.3, 0.4) is 0 Å². The van der Waals surface area contributed by atoms with Crippen molar-refractivity contribution in [3.8, 4) is 0 Å². The average Bonchev–Trinajstić information content (AvgIpc) is 3.34. The second-order valence-electron chi connectivity index (χ2n) is 10.8. The number of aromatic nitrogens is 1. The van der Waals surface area contributed by atoms with Crippen LogP contribution in [-0.4, -0.2) is 82.9 Å². The van der Waals surface area contributed by atoms with Crippen LogP contribution in [0.25, 0.3) is 0 Å². The maximum atomic E-state index is 13.2. The smallest absolute Gasteiger partial charge is 0.251 e. The molecule has 2 amide bonds. The Morgan fingerprint density at radius 2 is 1.70 bits per heavy atom. The van der Waals surface area contributed by atoms with E-state index in [4.69, 9.17) is 0 Å². The van der Waals surface area contributed by atoms with Crippen molar-refractivity contribution in [2.45, 2.75) is 64.2 Å². The zero-order chi connectivity index (χ0) is 25.6. The number of piperidine rings is 2. The lowest BCUT2D eigenvalue weighted by molar-refractivity contribution is -0.129. The van der Waals surface area contributed by atoms with Crippen molar-refractivity contribution in [3.63, 3.8) is 0 Å². The van der Waals surface area contributed by atoms with Crippen molar-refractivity contribution in [2.75, 3.05) is 44.6 Å². The molecule has 1 atom stereocenters. The van der Waals surface area contributed by atoms with Crippen LogP contribution in [0.1, 0.15) is 60.5 Å². The Balaban J connectivity index is 1.17. The minimum Gasteiger partial charge on any atom is -0.367 e. The maximum Gasteiger partial charge on any atom is 0.251 e. The second kappa shape index (κ2) is 12.0. The summed E-state index contributed by atoms with van der Waals surface area (Å²) < 4.78 is 0. The molecule has 2 N–H and O–H groups in total. The van der Waals surface area contributed by atoms with Gasteiger partial charge in [-0.25, -0.2) is 4.98 Å². The second-order valence-corrected chi connectivity index (χ2v) is 10.8. The highest BCUT2D eigenvalue weighted by Crippen LogP contribution is 2.24. The van der Waals surface area contributed by atoms with Crippen LogP contribution in [0.2, 0.25) is 0 Å². The van der Waals surface area contributed by atoms with Gasteiger partial charge in [0.1, 0.15) is 5.82 Å². The summed E-state index contributed by atoms with van der Waals surface area (Å²) >= 11 is 0. The third-order valence-corrected chi connectivity index (χ3v) is 8.09. The number of pyridine rings is 1. The Morgan fingerprint density at radius 1 is 1.00 bits per heavy atom. The molecule has 3 aliphatic rings. The topological polar surface area (TPSA) is 80.8 Å². The number of amides is 2. The van der Waals surface area contributed by atoms with Gasteiger partial charge in [0.05, 0.1) is 0 Å². The number of likely N-dealkylation sites (tertiary alicyclic amines) is 2. The summed E-state index contributed by atoms with van der Waals surface area (Å²) in [5, 5.41) is 6.70. The van der Waals surface area contributed by atoms with Crippen LogP contribution >= 0.6 is 0 Å². The number of nitrogens with zero attached hydrogens (tertiary/aromatic N) is 4. The van der Waals surface area contributed by atoms with Crippen molar-refractivity contribution < 1.29 is 9.59 Å². The molecular formula is C29H40N6O2. The summed E-state index contributed by atoms with van der Waals surface area (Å²) in [6.07, 6.45) is 7.23. The highest BCUT2D eigenvalue weighted by atomic mass is 16.2. The Hall–Kier alpha value is -2.97. The SMILES string of the molecule is CC(=O)N1CCC(Nc2cc(C(=O)NCC(CN3Cc4ccccc4C3)N3CCCCC3)ccn2)CC1. The molecule has 4 heterocycles. The first kappa shape index (κ1) is 25.7. The molecule has 1 aromatic carbocycles. The fraction of sp³-hybridized carbons (Fsp3) is 0.552. The number of hydrogen-bond donors (Lipinski definition) is 2. The van der Waals surface area contributed by atoms with E-state index in [0.29, 0.717) is 18.2 Å². The van der Waals surface area contributed by atoms with E-state index >= 15 is 0 Å². The van der Waals surface area contributed by atoms with Crippen LogP contribution in [0.5, 0.6) is 0 Å². The van der Waals surface area contributed by atoms with Crippen LogP contribution in [-0.2, 0) is 17.9 Å². The Labute approximate surface area is 220 Å². The van der Waals surface area contributed by atoms with Crippen molar-refractivity contribution in [1.29, 1.82) is 0 Å². The van der Waals surface area contributed by atoms with E-state index in [0.717, 1.165) is 64.5 Å². The third-order valence-electron chi connectivity index (χ3n) is 8.09. The van der Waals surface area contributed by atoms with Gasteiger partial charge in [0.2, 0.25) is 5.91 Å². The van der Waals surface area contributed by atoms with Gasteiger partial charge in [-0.3, -0.25) is 19.4 Å². The van der Waals surface area contributed by atoms with Gasteiger partial charge in [-0.2, -0.15) is 0 Å². The van der Waals surface area contributed by atoms with E-state index in [1.54, 1.807) is 19.2 Å². The lowest BCUT2D eigenvalue weighted by Crippen LogP contribution is -2.51. The van der Waals surface area contributed by atoms with E-state index in [1.807, 2.05) is 11.0 Å². The molecule has 2 fully saturated rings. The molecule has 3 aliphatic heterocycles. The van der Waals surface area contributed by atoms with Crippen LogP contribution in [0.15, 0.2) is 42.6 Å². The first-order chi connectivity index (χ1) is 18.0. The lowest BCUT2D eigenvalue weighted by Gasteiger charge is -2.36. The number of anilines is 1. The molecule has 0 saturated carbocycles. The molecule has 0 spiro atoms. The van der Waals surface area contributed by atoms with Crippen molar-refractivity contribution >= 4 is 17.6 Å². The average molecular weight is 505 g/mol. The minimum atomic E-state index is -0.0523. The van der Waals surface area contributed by atoms with Crippen LogP contribution in [0.4, 0.5) is 5.82 Å². The summed E-state index contributed by atoms with van der Waals surface area (Å²) in [5.74, 6) is 0.798. The van der Waals surface area contributed by atoms with Gasteiger partial charge in [-0.05, 0) is 62.0 Å². The van der Waals surface area contributed by atoms with Gasteiger partial charge in [0, 0.05) is 70.0 Å². The molecule has 37 heavy (non-hydrogen) atoms. The Morgan fingerprint density at radius 3 is 2.38 bits per heavy atom. The van der Waals surface area contributed by atoms with Gasteiger partial charge < -0.3 is 15.5 Å². The number of benzene rings is 1. The highest BCUT2D eigenvalue weighted by molar-refractivity contribution is 5.94. The molecule has 2 saturated heterocycles.